The SMILES string of the molecule is O=C(CC1CCCC1)N[C@@H](CO)C(=O)O. The van der Waals surface area contributed by atoms with Crippen LogP contribution in [0.4, 0.5) is 0 Å². The third-order valence-electron chi connectivity index (χ3n) is 2.76. The highest BCUT2D eigenvalue weighted by Gasteiger charge is 2.22. The Morgan fingerprint density at radius 3 is 2.40 bits per heavy atom. The van der Waals surface area contributed by atoms with Crippen LogP contribution in [0.2, 0.25) is 0 Å². The summed E-state index contributed by atoms with van der Waals surface area (Å²) in [5.41, 5.74) is 0. The number of aliphatic hydroxyl groups is 1. The maximum absolute atomic E-state index is 11.4. The fourth-order valence-corrected chi connectivity index (χ4v) is 1.92. The summed E-state index contributed by atoms with van der Waals surface area (Å²) in [4.78, 5) is 21.9. The number of carboxylic acids is 1. The van der Waals surface area contributed by atoms with Crippen molar-refractivity contribution in [3.05, 3.63) is 0 Å². The van der Waals surface area contributed by atoms with E-state index in [0.29, 0.717) is 12.3 Å². The fourth-order valence-electron chi connectivity index (χ4n) is 1.92. The van der Waals surface area contributed by atoms with Crippen molar-refractivity contribution in [2.75, 3.05) is 6.61 Å². The van der Waals surface area contributed by atoms with Gasteiger partial charge in [-0.15, -0.1) is 0 Å². The molecule has 0 radical (unpaired) electrons. The average Bonchev–Trinajstić information content (AvgIpc) is 2.66. The van der Waals surface area contributed by atoms with Crippen LogP contribution >= 0.6 is 0 Å². The van der Waals surface area contributed by atoms with E-state index in [1.54, 1.807) is 0 Å². The summed E-state index contributed by atoms with van der Waals surface area (Å²) in [6.07, 6.45) is 4.78. The van der Waals surface area contributed by atoms with E-state index in [1.807, 2.05) is 0 Å². The van der Waals surface area contributed by atoms with E-state index in [0.717, 1.165) is 25.7 Å². The first kappa shape index (κ1) is 12.0. The number of hydrogen-bond acceptors (Lipinski definition) is 3. The molecule has 1 saturated carbocycles. The first-order chi connectivity index (χ1) is 7.13. The lowest BCUT2D eigenvalue weighted by molar-refractivity contribution is -0.143. The Kier molecular flexibility index (Phi) is 4.55. The molecule has 1 aliphatic rings. The predicted octanol–water partition coefficient (Wildman–Crippen LogP) is 0.128. The van der Waals surface area contributed by atoms with E-state index >= 15 is 0 Å². The minimum absolute atomic E-state index is 0.275. The molecule has 5 nitrogen and oxygen atoms in total. The van der Waals surface area contributed by atoms with E-state index < -0.39 is 18.6 Å². The molecule has 0 spiro atoms. The lowest BCUT2D eigenvalue weighted by Crippen LogP contribution is -2.43. The van der Waals surface area contributed by atoms with Crippen molar-refractivity contribution in [1.29, 1.82) is 0 Å². The zero-order valence-electron chi connectivity index (χ0n) is 8.61. The van der Waals surface area contributed by atoms with Crippen molar-refractivity contribution in [2.24, 2.45) is 5.92 Å². The summed E-state index contributed by atoms with van der Waals surface area (Å²) in [7, 11) is 0. The van der Waals surface area contributed by atoms with Crippen molar-refractivity contribution >= 4 is 11.9 Å². The number of carbonyl (C=O) groups excluding carboxylic acids is 1. The molecule has 0 heterocycles. The maximum Gasteiger partial charge on any atom is 0.328 e. The molecule has 86 valence electrons. The number of carboxylic acid groups (broad SMARTS) is 1. The Labute approximate surface area is 88.5 Å². The second-order valence-corrected chi connectivity index (χ2v) is 4.00. The number of rotatable bonds is 5. The Morgan fingerprint density at radius 2 is 1.93 bits per heavy atom. The van der Waals surface area contributed by atoms with Crippen molar-refractivity contribution in [3.8, 4) is 0 Å². The molecule has 1 aliphatic carbocycles. The van der Waals surface area contributed by atoms with Crippen LogP contribution in [0.25, 0.3) is 0 Å². The van der Waals surface area contributed by atoms with Crippen molar-refractivity contribution in [1.82, 2.24) is 5.32 Å². The van der Waals surface area contributed by atoms with Gasteiger partial charge in [0.15, 0.2) is 0 Å². The van der Waals surface area contributed by atoms with Crippen molar-refractivity contribution in [2.45, 2.75) is 38.1 Å². The molecular weight excluding hydrogens is 198 g/mol. The van der Waals surface area contributed by atoms with Crippen LogP contribution in [0.1, 0.15) is 32.1 Å². The molecule has 0 unspecified atom stereocenters. The van der Waals surface area contributed by atoms with E-state index in [9.17, 15) is 9.59 Å². The zero-order valence-corrected chi connectivity index (χ0v) is 8.61. The first-order valence-corrected chi connectivity index (χ1v) is 5.26. The Bertz CT molecular complexity index is 236. The summed E-state index contributed by atoms with van der Waals surface area (Å²) in [6, 6.07) is -1.17. The molecule has 0 bridgehead atoms. The smallest absolute Gasteiger partial charge is 0.328 e. The molecule has 3 N–H and O–H groups in total. The first-order valence-electron chi connectivity index (χ1n) is 5.26. The van der Waals surface area contributed by atoms with Gasteiger partial charge in [0.05, 0.1) is 6.61 Å². The topological polar surface area (TPSA) is 86.6 Å². The molecule has 15 heavy (non-hydrogen) atoms. The van der Waals surface area contributed by atoms with Gasteiger partial charge in [-0.1, -0.05) is 12.8 Å². The van der Waals surface area contributed by atoms with Crippen LogP contribution < -0.4 is 5.32 Å². The standard InChI is InChI=1S/C10H17NO4/c12-6-8(10(14)15)11-9(13)5-7-3-1-2-4-7/h7-8,12H,1-6H2,(H,11,13)(H,14,15)/t8-/m0/s1. The molecule has 0 aromatic carbocycles. The van der Waals surface area contributed by atoms with Gasteiger partial charge in [-0.05, 0) is 18.8 Å². The number of aliphatic carboxylic acids is 1. The fraction of sp³-hybridized carbons (Fsp3) is 0.800. The molecule has 1 rings (SSSR count). The van der Waals surface area contributed by atoms with Gasteiger partial charge in [-0.3, -0.25) is 4.79 Å². The van der Waals surface area contributed by atoms with E-state index in [1.165, 1.54) is 0 Å². The lowest BCUT2D eigenvalue weighted by atomic mass is 10.0. The van der Waals surface area contributed by atoms with Crippen LogP contribution in [0.3, 0.4) is 0 Å². The van der Waals surface area contributed by atoms with E-state index in [2.05, 4.69) is 5.32 Å². The quantitative estimate of drug-likeness (QED) is 0.608. The van der Waals surface area contributed by atoms with Crippen LogP contribution in [-0.2, 0) is 9.59 Å². The minimum Gasteiger partial charge on any atom is -0.480 e. The molecule has 0 aromatic heterocycles. The number of carbonyl (C=O) groups is 2. The largest absolute Gasteiger partial charge is 0.480 e. The van der Waals surface area contributed by atoms with Crippen LogP contribution in [-0.4, -0.2) is 34.7 Å². The highest BCUT2D eigenvalue weighted by Crippen LogP contribution is 2.27. The van der Waals surface area contributed by atoms with Gasteiger partial charge in [0.2, 0.25) is 5.91 Å². The summed E-state index contributed by atoms with van der Waals surface area (Å²) in [5.74, 6) is -1.08. The molecular formula is C10H17NO4. The summed E-state index contributed by atoms with van der Waals surface area (Å²) in [5, 5.41) is 19.6. The number of aliphatic hydroxyl groups excluding tert-OH is 1. The van der Waals surface area contributed by atoms with Crippen molar-refractivity contribution in [3.63, 3.8) is 0 Å². The normalized spacial score (nSPS) is 18.7. The van der Waals surface area contributed by atoms with Gasteiger partial charge in [0.1, 0.15) is 6.04 Å². The summed E-state index contributed by atoms with van der Waals surface area (Å²) < 4.78 is 0. The number of nitrogens with one attached hydrogen (secondary N) is 1. The van der Waals surface area contributed by atoms with Crippen LogP contribution in [0.5, 0.6) is 0 Å². The van der Waals surface area contributed by atoms with Gasteiger partial charge in [0.25, 0.3) is 0 Å². The van der Waals surface area contributed by atoms with Gasteiger partial charge in [-0.25, -0.2) is 4.79 Å². The van der Waals surface area contributed by atoms with Crippen LogP contribution in [0.15, 0.2) is 0 Å². The molecule has 0 aromatic rings. The van der Waals surface area contributed by atoms with Crippen molar-refractivity contribution < 1.29 is 19.8 Å². The summed E-state index contributed by atoms with van der Waals surface area (Å²) >= 11 is 0. The number of amides is 1. The Hall–Kier alpha value is -1.10. The molecule has 5 heteroatoms. The highest BCUT2D eigenvalue weighted by atomic mass is 16.4. The van der Waals surface area contributed by atoms with Gasteiger partial charge >= 0.3 is 5.97 Å². The van der Waals surface area contributed by atoms with Crippen LogP contribution in [0, 0.1) is 5.92 Å². The van der Waals surface area contributed by atoms with E-state index in [4.69, 9.17) is 10.2 Å². The van der Waals surface area contributed by atoms with Gasteiger partial charge in [-0.2, -0.15) is 0 Å². The van der Waals surface area contributed by atoms with Gasteiger partial charge in [0, 0.05) is 6.42 Å². The lowest BCUT2D eigenvalue weighted by Gasteiger charge is -2.13. The Morgan fingerprint density at radius 1 is 1.33 bits per heavy atom. The third kappa shape index (κ3) is 3.87. The minimum atomic E-state index is -1.20. The molecule has 1 atom stereocenters. The monoisotopic (exact) mass is 215 g/mol. The Balaban J connectivity index is 2.30. The predicted molar refractivity (Wildman–Crippen MR) is 53.2 cm³/mol. The molecule has 0 saturated heterocycles. The summed E-state index contributed by atoms with van der Waals surface area (Å²) in [6.45, 7) is -0.564. The average molecular weight is 215 g/mol. The molecule has 0 aliphatic heterocycles. The molecule has 1 amide bonds. The molecule has 1 fully saturated rings. The highest BCUT2D eigenvalue weighted by molar-refractivity contribution is 5.83. The number of hydrogen-bond donors (Lipinski definition) is 3. The third-order valence-corrected chi connectivity index (χ3v) is 2.76. The maximum atomic E-state index is 11.4. The van der Waals surface area contributed by atoms with Gasteiger partial charge < -0.3 is 15.5 Å². The second kappa shape index (κ2) is 5.70. The van der Waals surface area contributed by atoms with E-state index in [-0.39, 0.29) is 5.91 Å². The second-order valence-electron chi connectivity index (χ2n) is 4.00. The zero-order chi connectivity index (χ0) is 11.3.